The molecule has 1 spiro atoms. The van der Waals surface area contributed by atoms with Crippen molar-refractivity contribution >= 4 is 17.6 Å². The van der Waals surface area contributed by atoms with Crippen LogP contribution in [0, 0.1) is 5.41 Å². The van der Waals surface area contributed by atoms with Crippen molar-refractivity contribution in [3.05, 3.63) is 29.8 Å². The van der Waals surface area contributed by atoms with Gasteiger partial charge < -0.3 is 24.9 Å². The van der Waals surface area contributed by atoms with Crippen molar-refractivity contribution in [3.63, 3.8) is 0 Å². The van der Waals surface area contributed by atoms with Gasteiger partial charge in [-0.05, 0) is 55.8 Å². The summed E-state index contributed by atoms with van der Waals surface area (Å²) in [5.74, 6) is -1.40. The van der Waals surface area contributed by atoms with Crippen LogP contribution in [0.2, 0.25) is 0 Å². The van der Waals surface area contributed by atoms with Gasteiger partial charge in [0.2, 0.25) is 5.91 Å². The maximum Gasteiger partial charge on any atom is 0.416 e. The van der Waals surface area contributed by atoms with Gasteiger partial charge in [-0.3, -0.25) is 4.79 Å². The molecule has 182 valence electrons. The summed E-state index contributed by atoms with van der Waals surface area (Å²) in [5.41, 5.74) is -0.328. The van der Waals surface area contributed by atoms with Gasteiger partial charge in [0.25, 0.3) is 0 Å². The fourth-order valence-electron chi connectivity index (χ4n) is 5.05. The summed E-state index contributed by atoms with van der Waals surface area (Å²) in [6.45, 7) is 2.39. The number of carbonyl (C=O) groups excluding carboxylic acids is 1. The van der Waals surface area contributed by atoms with E-state index in [0.717, 1.165) is 37.9 Å². The van der Waals surface area contributed by atoms with E-state index in [9.17, 15) is 33.0 Å². The second-order valence-electron chi connectivity index (χ2n) is 9.44. The predicted molar refractivity (Wildman–Crippen MR) is 115 cm³/mol. The zero-order chi connectivity index (χ0) is 23.8. The highest BCUT2D eigenvalue weighted by molar-refractivity contribution is 5.84. The number of piperidine rings is 1. The minimum absolute atomic E-state index is 0.0327. The fourth-order valence-corrected chi connectivity index (χ4v) is 5.05. The molecule has 33 heavy (non-hydrogen) atoms. The third kappa shape index (κ3) is 5.27. The van der Waals surface area contributed by atoms with E-state index >= 15 is 0 Å². The van der Waals surface area contributed by atoms with Gasteiger partial charge >= 0.3 is 12.1 Å². The van der Waals surface area contributed by atoms with E-state index in [2.05, 4.69) is 4.90 Å². The van der Waals surface area contributed by atoms with Crippen molar-refractivity contribution in [2.45, 2.75) is 50.4 Å². The van der Waals surface area contributed by atoms with Crippen molar-refractivity contribution < 1.29 is 33.0 Å². The standard InChI is InChI=1S/C23H30F3N3O4/c24-23(25,26)16-2-1-3-17(14-16)28-10-5-20(31)29(13-12-28)18(21(32)33)4-9-27-11-8-22(6-7-22)19(30)15-27/h1-3,14,18-19,30H,4-13,15H2,(H,32,33). The van der Waals surface area contributed by atoms with Crippen LogP contribution in [0.5, 0.6) is 0 Å². The Kier molecular flexibility index (Phi) is 6.59. The smallest absolute Gasteiger partial charge is 0.416 e. The van der Waals surface area contributed by atoms with Crippen LogP contribution in [-0.4, -0.2) is 83.3 Å². The number of β-amino-alcohol motifs (C(OH)–C–C–N with tert-alkyl or cyclic N) is 1. The minimum Gasteiger partial charge on any atom is -0.480 e. The van der Waals surface area contributed by atoms with E-state index < -0.39 is 29.9 Å². The Morgan fingerprint density at radius 2 is 1.91 bits per heavy atom. The molecule has 7 nitrogen and oxygen atoms in total. The Hall–Kier alpha value is -2.33. The van der Waals surface area contributed by atoms with E-state index in [-0.39, 0.29) is 43.8 Å². The number of likely N-dealkylation sites (tertiary alicyclic amines) is 1. The Morgan fingerprint density at radius 1 is 1.15 bits per heavy atom. The highest BCUT2D eigenvalue weighted by Crippen LogP contribution is 2.53. The molecule has 2 heterocycles. The first-order chi connectivity index (χ1) is 15.6. The number of alkyl halides is 3. The average molecular weight is 470 g/mol. The maximum absolute atomic E-state index is 13.1. The maximum atomic E-state index is 13.1. The zero-order valence-corrected chi connectivity index (χ0v) is 18.4. The number of rotatable bonds is 6. The van der Waals surface area contributed by atoms with Crippen LogP contribution in [0.3, 0.4) is 0 Å². The molecule has 1 aliphatic carbocycles. The Labute approximate surface area is 190 Å². The topological polar surface area (TPSA) is 84.3 Å². The zero-order valence-electron chi connectivity index (χ0n) is 18.4. The van der Waals surface area contributed by atoms with Gasteiger partial charge in [0.05, 0.1) is 11.7 Å². The molecule has 10 heteroatoms. The number of carboxylic acids is 1. The van der Waals surface area contributed by atoms with Crippen LogP contribution < -0.4 is 4.90 Å². The third-order valence-electron chi connectivity index (χ3n) is 7.40. The molecule has 2 aliphatic heterocycles. The predicted octanol–water partition coefficient (Wildman–Crippen LogP) is 2.43. The van der Waals surface area contributed by atoms with Gasteiger partial charge in [-0.15, -0.1) is 0 Å². The van der Waals surface area contributed by atoms with Crippen molar-refractivity contribution in [2.24, 2.45) is 5.41 Å². The van der Waals surface area contributed by atoms with E-state index in [1.54, 1.807) is 11.0 Å². The highest BCUT2D eigenvalue weighted by Gasteiger charge is 2.51. The largest absolute Gasteiger partial charge is 0.480 e. The molecule has 0 bridgehead atoms. The van der Waals surface area contributed by atoms with Crippen LogP contribution in [0.15, 0.2) is 24.3 Å². The fraction of sp³-hybridized carbons (Fsp3) is 0.652. The minimum atomic E-state index is -4.46. The van der Waals surface area contributed by atoms with E-state index in [1.807, 2.05) is 0 Å². The SMILES string of the molecule is O=C(O)C(CCN1CCC2(CC2)C(O)C1)N1CCN(c2cccc(C(F)(F)F)c2)CCC1=O. The molecule has 3 aliphatic rings. The van der Waals surface area contributed by atoms with Gasteiger partial charge in [0, 0.05) is 44.8 Å². The normalized spacial score (nSPS) is 24.6. The summed E-state index contributed by atoms with van der Waals surface area (Å²) in [6.07, 6.45) is -1.58. The number of carbonyl (C=O) groups is 2. The number of nitrogens with zero attached hydrogens (tertiary/aromatic N) is 3. The number of carboxylic acid groups (broad SMARTS) is 1. The van der Waals surface area contributed by atoms with Crippen molar-refractivity contribution in [1.82, 2.24) is 9.80 Å². The molecule has 3 fully saturated rings. The van der Waals surface area contributed by atoms with Crippen LogP contribution in [0.4, 0.5) is 18.9 Å². The van der Waals surface area contributed by atoms with Crippen LogP contribution in [0.25, 0.3) is 0 Å². The van der Waals surface area contributed by atoms with Crippen molar-refractivity contribution in [3.8, 4) is 0 Å². The Morgan fingerprint density at radius 3 is 2.55 bits per heavy atom. The average Bonchev–Trinajstić information content (AvgIpc) is 3.56. The van der Waals surface area contributed by atoms with Crippen LogP contribution in [0.1, 0.15) is 37.7 Å². The first kappa shape index (κ1) is 23.8. The lowest BCUT2D eigenvalue weighted by atomic mass is 9.90. The summed E-state index contributed by atoms with van der Waals surface area (Å²) >= 11 is 0. The summed E-state index contributed by atoms with van der Waals surface area (Å²) < 4.78 is 39.2. The second kappa shape index (κ2) is 9.13. The lowest BCUT2D eigenvalue weighted by molar-refractivity contribution is -0.150. The Bertz CT molecular complexity index is 890. The molecule has 1 aromatic carbocycles. The number of hydrogen-bond acceptors (Lipinski definition) is 5. The van der Waals surface area contributed by atoms with Gasteiger partial charge in [0.1, 0.15) is 6.04 Å². The number of aliphatic hydroxyl groups excluding tert-OH is 1. The molecule has 2 N–H and O–H groups in total. The molecular formula is C23H30F3N3O4. The third-order valence-corrected chi connectivity index (χ3v) is 7.40. The van der Waals surface area contributed by atoms with Crippen LogP contribution in [-0.2, 0) is 15.8 Å². The summed E-state index contributed by atoms with van der Waals surface area (Å²) in [4.78, 5) is 29.9. The van der Waals surface area contributed by atoms with Crippen molar-refractivity contribution in [2.75, 3.05) is 44.2 Å². The number of hydrogen-bond donors (Lipinski definition) is 2. The molecule has 2 atom stereocenters. The Balaban J connectivity index is 1.39. The highest BCUT2D eigenvalue weighted by atomic mass is 19.4. The van der Waals surface area contributed by atoms with Gasteiger partial charge in [-0.2, -0.15) is 13.2 Å². The van der Waals surface area contributed by atoms with E-state index in [4.69, 9.17) is 0 Å². The molecule has 1 aromatic rings. The number of aliphatic carboxylic acids is 1. The summed E-state index contributed by atoms with van der Waals surface area (Å²) in [7, 11) is 0. The van der Waals surface area contributed by atoms with E-state index in [1.165, 1.54) is 11.0 Å². The van der Waals surface area contributed by atoms with Gasteiger partial charge in [-0.25, -0.2) is 4.79 Å². The lowest BCUT2D eigenvalue weighted by Crippen LogP contribution is -2.50. The molecule has 2 saturated heterocycles. The second-order valence-corrected chi connectivity index (χ2v) is 9.44. The van der Waals surface area contributed by atoms with Gasteiger partial charge in [-0.1, -0.05) is 6.07 Å². The lowest BCUT2D eigenvalue weighted by Gasteiger charge is -2.37. The molecule has 2 unspecified atom stereocenters. The number of aliphatic hydroxyl groups is 1. The quantitative estimate of drug-likeness (QED) is 0.666. The number of anilines is 1. The molecule has 1 amide bonds. The molecule has 4 rings (SSSR count). The monoisotopic (exact) mass is 469 g/mol. The molecule has 0 radical (unpaired) electrons. The number of halogens is 3. The summed E-state index contributed by atoms with van der Waals surface area (Å²) in [5, 5.41) is 20.2. The molecule has 0 aromatic heterocycles. The number of amides is 1. The summed E-state index contributed by atoms with van der Waals surface area (Å²) in [6, 6.07) is 3.96. The first-order valence-corrected chi connectivity index (χ1v) is 11.4. The molecule has 1 saturated carbocycles. The van der Waals surface area contributed by atoms with Crippen molar-refractivity contribution in [1.29, 1.82) is 0 Å². The number of benzene rings is 1. The molecular weight excluding hydrogens is 439 g/mol. The van der Waals surface area contributed by atoms with E-state index in [0.29, 0.717) is 18.8 Å². The van der Waals surface area contributed by atoms with Gasteiger partial charge in [0.15, 0.2) is 0 Å². The first-order valence-electron chi connectivity index (χ1n) is 11.4. The van der Waals surface area contributed by atoms with Crippen LogP contribution >= 0.6 is 0 Å².